The fourth-order valence-corrected chi connectivity index (χ4v) is 4.65. The van der Waals surface area contributed by atoms with E-state index in [9.17, 15) is 4.79 Å². The summed E-state index contributed by atoms with van der Waals surface area (Å²) in [6, 6.07) is 0.666. The molecule has 0 saturated heterocycles. The van der Waals surface area contributed by atoms with Crippen molar-refractivity contribution in [2.45, 2.75) is 51.1 Å². The molecular formula is C18H24N2O. The predicted octanol–water partition coefficient (Wildman–Crippen LogP) is 2.67. The van der Waals surface area contributed by atoms with Gasteiger partial charge in [0, 0.05) is 12.0 Å². The summed E-state index contributed by atoms with van der Waals surface area (Å²) in [7, 11) is 0. The molecule has 0 spiro atoms. The van der Waals surface area contributed by atoms with Crippen LogP contribution in [0.2, 0.25) is 0 Å². The number of hydrogen-bond acceptors (Lipinski definition) is 2. The quantitative estimate of drug-likeness (QED) is 0.818. The third-order valence-electron chi connectivity index (χ3n) is 5.70. The Labute approximate surface area is 126 Å². The average molecular weight is 284 g/mol. The van der Waals surface area contributed by atoms with Gasteiger partial charge in [-0.25, -0.2) is 0 Å². The smallest absolute Gasteiger partial charge is 0.267 e. The van der Waals surface area contributed by atoms with E-state index in [4.69, 9.17) is 0 Å². The summed E-state index contributed by atoms with van der Waals surface area (Å²) < 4.78 is 0. The van der Waals surface area contributed by atoms with E-state index in [1.165, 1.54) is 37.7 Å². The second-order valence-corrected chi connectivity index (χ2v) is 7.26. The van der Waals surface area contributed by atoms with Crippen LogP contribution >= 0.6 is 0 Å². The van der Waals surface area contributed by atoms with E-state index >= 15 is 0 Å². The van der Waals surface area contributed by atoms with E-state index in [-0.39, 0.29) is 11.9 Å². The Hall–Kier alpha value is -1.51. The topological polar surface area (TPSA) is 41.1 Å². The van der Waals surface area contributed by atoms with Crippen LogP contribution in [0.25, 0.3) is 0 Å². The maximum atomic E-state index is 12.5. The molecule has 3 heteroatoms. The molecule has 1 heterocycles. The van der Waals surface area contributed by atoms with Crippen LogP contribution < -0.4 is 10.6 Å². The second kappa shape index (κ2) is 5.04. The highest BCUT2D eigenvalue weighted by Crippen LogP contribution is 2.42. The van der Waals surface area contributed by atoms with Gasteiger partial charge in [0.2, 0.25) is 0 Å². The molecule has 4 aliphatic rings. The Morgan fingerprint density at radius 3 is 2.71 bits per heavy atom. The van der Waals surface area contributed by atoms with Crippen LogP contribution in [0.3, 0.4) is 0 Å². The zero-order valence-electron chi connectivity index (χ0n) is 12.6. The zero-order valence-corrected chi connectivity index (χ0v) is 12.6. The number of hydrogen-bond donors (Lipinski definition) is 2. The lowest BCUT2D eigenvalue weighted by atomic mass is 9.85. The molecule has 3 aliphatic carbocycles. The molecule has 2 saturated carbocycles. The van der Waals surface area contributed by atoms with Crippen molar-refractivity contribution in [1.29, 1.82) is 0 Å². The molecule has 112 valence electrons. The SMILES string of the molecule is CC1=CC=CC2C=C(C(=O)NC3C[C@H]4CC[C@@H](C3)C4)NC12. The van der Waals surface area contributed by atoms with Crippen molar-refractivity contribution in [2.75, 3.05) is 0 Å². The molecule has 2 bridgehead atoms. The lowest BCUT2D eigenvalue weighted by Gasteiger charge is -2.28. The normalized spacial score (nSPS) is 40.1. The Balaban J connectivity index is 1.40. The molecule has 1 amide bonds. The summed E-state index contributed by atoms with van der Waals surface area (Å²) in [4.78, 5) is 12.5. The van der Waals surface area contributed by atoms with Crippen molar-refractivity contribution < 1.29 is 4.79 Å². The number of rotatable bonds is 2. The van der Waals surface area contributed by atoms with Crippen LogP contribution in [0, 0.1) is 17.8 Å². The van der Waals surface area contributed by atoms with Gasteiger partial charge >= 0.3 is 0 Å². The molecule has 3 unspecified atom stereocenters. The van der Waals surface area contributed by atoms with E-state index in [2.05, 4.69) is 41.9 Å². The minimum Gasteiger partial charge on any atom is -0.373 e. The van der Waals surface area contributed by atoms with Crippen molar-refractivity contribution in [2.24, 2.45) is 17.8 Å². The van der Waals surface area contributed by atoms with E-state index in [1.54, 1.807) is 0 Å². The summed E-state index contributed by atoms with van der Waals surface area (Å²) in [6.07, 6.45) is 15.0. The van der Waals surface area contributed by atoms with Crippen molar-refractivity contribution >= 4 is 5.91 Å². The average Bonchev–Trinajstić information content (AvgIpc) is 3.03. The first-order valence-electron chi connectivity index (χ1n) is 8.33. The fraction of sp³-hybridized carbons (Fsp3) is 0.611. The number of nitrogens with one attached hydrogen (secondary N) is 2. The number of fused-ring (bicyclic) bond motifs is 3. The number of amides is 1. The van der Waals surface area contributed by atoms with Crippen LogP contribution in [-0.4, -0.2) is 18.0 Å². The molecule has 1 aliphatic heterocycles. The van der Waals surface area contributed by atoms with Gasteiger partial charge in [-0.2, -0.15) is 0 Å². The molecule has 2 fully saturated rings. The molecule has 5 atom stereocenters. The number of carbonyl (C=O) groups excluding carboxylic acids is 1. The molecule has 21 heavy (non-hydrogen) atoms. The molecule has 0 aromatic rings. The van der Waals surface area contributed by atoms with Crippen molar-refractivity contribution in [1.82, 2.24) is 10.6 Å². The summed E-state index contributed by atoms with van der Waals surface area (Å²) in [5, 5.41) is 6.67. The third kappa shape index (κ3) is 2.43. The third-order valence-corrected chi connectivity index (χ3v) is 5.70. The molecular weight excluding hydrogens is 260 g/mol. The molecule has 0 radical (unpaired) electrons. The summed E-state index contributed by atoms with van der Waals surface area (Å²) >= 11 is 0. The zero-order chi connectivity index (χ0) is 14.4. The van der Waals surface area contributed by atoms with Gasteiger partial charge in [-0.3, -0.25) is 4.79 Å². The Kier molecular flexibility index (Phi) is 3.16. The predicted molar refractivity (Wildman–Crippen MR) is 83.4 cm³/mol. The minimum atomic E-state index is 0.0944. The Bertz CT molecular complexity index is 533. The van der Waals surface area contributed by atoms with Gasteiger partial charge in [0.25, 0.3) is 5.91 Å². The highest BCUT2D eigenvalue weighted by Gasteiger charge is 2.36. The van der Waals surface area contributed by atoms with Crippen molar-refractivity contribution in [3.05, 3.63) is 35.6 Å². The van der Waals surface area contributed by atoms with Crippen molar-refractivity contribution in [3.63, 3.8) is 0 Å². The molecule has 3 nitrogen and oxygen atoms in total. The Morgan fingerprint density at radius 2 is 2.00 bits per heavy atom. The van der Waals surface area contributed by atoms with Crippen LogP contribution in [0.1, 0.15) is 39.0 Å². The second-order valence-electron chi connectivity index (χ2n) is 7.26. The van der Waals surface area contributed by atoms with Gasteiger partial charge in [-0.1, -0.05) is 36.6 Å². The first-order chi connectivity index (χ1) is 10.2. The first-order valence-corrected chi connectivity index (χ1v) is 8.33. The van der Waals surface area contributed by atoms with Crippen LogP contribution in [-0.2, 0) is 4.79 Å². The molecule has 0 aromatic carbocycles. The highest BCUT2D eigenvalue weighted by atomic mass is 16.2. The lowest BCUT2D eigenvalue weighted by Crippen LogP contribution is -2.42. The van der Waals surface area contributed by atoms with Gasteiger partial charge in [0.1, 0.15) is 0 Å². The van der Waals surface area contributed by atoms with Gasteiger partial charge in [-0.05, 0) is 44.1 Å². The summed E-state index contributed by atoms with van der Waals surface area (Å²) in [6.45, 7) is 2.13. The first kappa shape index (κ1) is 13.2. The van der Waals surface area contributed by atoms with Gasteiger partial charge in [0.15, 0.2) is 0 Å². The van der Waals surface area contributed by atoms with Crippen LogP contribution in [0.4, 0.5) is 0 Å². The standard InChI is InChI=1S/C18H24N2O/c1-11-3-2-4-14-10-16(20-17(11)14)18(21)19-15-8-12-5-6-13(7-12)9-15/h2-4,10,12-15,17,20H,5-9H2,1H3,(H,19,21)/t12-,13+,14?,15?,17?. The minimum absolute atomic E-state index is 0.0944. The molecule has 2 N–H and O–H groups in total. The molecule has 0 aromatic heterocycles. The largest absolute Gasteiger partial charge is 0.373 e. The van der Waals surface area contributed by atoms with E-state index in [0.717, 1.165) is 17.5 Å². The lowest BCUT2D eigenvalue weighted by molar-refractivity contribution is -0.118. The van der Waals surface area contributed by atoms with E-state index < -0.39 is 0 Å². The maximum Gasteiger partial charge on any atom is 0.267 e. The maximum absolute atomic E-state index is 12.5. The van der Waals surface area contributed by atoms with E-state index in [1.807, 2.05) is 0 Å². The van der Waals surface area contributed by atoms with Gasteiger partial charge in [0.05, 0.1) is 11.7 Å². The van der Waals surface area contributed by atoms with Gasteiger partial charge < -0.3 is 10.6 Å². The summed E-state index contributed by atoms with van der Waals surface area (Å²) in [5.41, 5.74) is 2.07. The molecule has 4 rings (SSSR count). The monoisotopic (exact) mass is 284 g/mol. The van der Waals surface area contributed by atoms with Crippen LogP contribution in [0.5, 0.6) is 0 Å². The number of allylic oxidation sites excluding steroid dienone is 2. The number of carbonyl (C=O) groups is 1. The fourth-order valence-electron chi connectivity index (χ4n) is 4.65. The highest BCUT2D eigenvalue weighted by molar-refractivity contribution is 5.93. The summed E-state index contributed by atoms with van der Waals surface area (Å²) in [5.74, 6) is 2.14. The van der Waals surface area contributed by atoms with Gasteiger partial charge in [-0.15, -0.1) is 0 Å². The Morgan fingerprint density at radius 1 is 1.24 bits per heavy atom. The van der Waals surface area contributed by atoms with Crippen LogP contribution in [0.15, 0.2) is 35.6 Å². The van der Waals surface area contributed by atoms with Crippen molar-refractivity contribution in [3.8, 4) is 0 Å². The van der Waals surface area contributed by atoms with E-state index in [0.29, 0.717) is 12.0 Å².